The number of hydrogen-bond acceptors (Lipinski definition) is 6. The molecule has 2 atom stereocenters. The summed E-state index contributed by atoms with van der Waals surface area (Å²) >= 11 is 3.23. The molecule has 0 aliphatic carbocycles. The van der Waals surface area contributed by atoms with E-state index in [1.54, 1.807) is 23.5 Å². The Labute approximate surface area is 300 Å². The summed E-state index contributed by atoms with van der Waals surface area (Å²) in [6.07, 6.45) is 4.11. The Morgan fingerprint density at radius 1 is 0.560 bits per heavy atom. The van der Waals surface area contributed by atoms with Crippen LogP contribution >= 0.6 is 23.5 Å². The highest BCUT2D eigenvalue weighted by molar-refractivity contribution is 8.00. The molecule has 2 aromatic heterocycles. The van der Waals surface area contributed by atoms with Crippen LogP contribution in [0.1, 0.15) is 33.0 Å². The van der Waals surface area contributed by atoms with Crippen LogP contribution < -0.4 is 0 Å². The normalized spacial score (nSPS) is 17.6. The number of rotatable bonds is 9. The van der Waals surface area contributed by atoms with Crippen LogP contribution in [-0.2, 0) is 9.59 Å². The predicted molar refractivity (Wildman–Crippen MR) is 201 cm³/mol. The molecule has 0 N–H and O–H groups in total. The quantitative estimate of drug-likeness (QED) is 0.153. The van der Waals surface area contributed by atoms with E-state index in [-0.39, 0.29) is 22.6 Å². The molecule has 4 heterocycles. The number of carbonyl (C=O) groups is 2. The second-order valence-electron chi connectivity index (χ2n) is 12.7. The van der Waals surface area contributed by atoms with E-state index in [1.807, 2.05) is 79.8 Å². The number of benzene rings is 4. The van der Waals surface area contributed by atoms with Gasteiger partial charge in [0.2, 0.25) is 11.8 Å². The van der Waals surface area contributed by atoms with Gasteiger partial charge in [-0.15, -0.1) is 23.5 Å². The number of hydrogen-bond donors (Lipinski definition) is 0. The zero-order valence-electron chi connectivity index (χ0n) is 27.8. The monoisotopic (exact) mass is 696 g/mol. The van der Waals surface area contributed by atoms with Crippen molar-refractivity contribution in [1.29, 1.82) is 0 Å². The largest absolute Gasteiger partial charge is 0.324 e. The number of thioether (sulfide) groups is 2. The summed E-state index contributed by atoms with van der Waals surface area (Å²) < 4.78 is 3.81. The van der Waals surface area contributed by atoms with Crippen LogP contribution in [-0.4, -0.2) is 65.8 Å². The molecule has 2 saturated heterocycles. The average molecular weight is 697 g/mol. The molecule has 2 aliphatic heterocycles. The van der Waals surface area contributed by atoms with E-state index in [4.69, 9.17) is 10.2 Å². The van der Waals surface area contributed by atoms with Gasteiger partial charge in [-0.25, -0.2) is 9.36 Å². The van der Waals surface area contributed by atoms with Crippen molar-refractivity contribution in [2.45, 2.75) is 24.6 Å². The number of aryl methyl sites for hydroxylation is 2. The molecule has 250 valence electrons. The first-order chi connectivity index (χ1) is 24.4. The lowest BCUT2D eigenvalue weighted by Gasteiger charge is -2.29. The minimum atomic E-state index is -0.232. The maximum Gasteiger partial charge on any atom is 0.233 e. The maximum absolute atomic E-state index is 13.5. The fourth-order valence-electron chi connectivity index (χ4n) is 6.56. The third-order valence-electron chi connectivity index (χ3n) is 9.23. The smallest absolute Gasteiger partial charge is 0.233 e. The molecule has 0 saturated carbocycles. The van der Waals surface area contributed by atoms with Gasteiger partial charge >= 0.3 is 0 Å². The molecule has 6 aromatic rings. The van der Waals surface area contributed by atoms with Gasteiger partial charge in [-0.2, -0.15) is 10.2 Å². The van der Waals surface area contributed by atoms with Crippen LogP contribution in [0.5, 0.6) is 0 Å². The summed E-state index contributed by atoms with van der Waals surface area (Å²) in [6, 6.07) is 36.8. The van der Waals surface area contributed by atoms with Gasteiger partial charge in [-0.1, -0.05) is 96.1 Å². The lowest BCUT2D eigenvalue weighted by Crippen LogP contribution is -2.39. The molecular weight excluding hydrogens is 661 g/mol. The zero-order valence-corrected chi connectivity index (χ0v) is 29.5. The van der Waals surface area contributed by atoms with Gasteiger partial charge in [0, 0.05) is 47.7 Å². The molecule has 2 aliphatic rings. The molecule has 8 rings (SSSR count). The number of aromatic nitrogens is 4. The number of amides is 2. The van der Waals surface area contributed by atoms with E-state index in [0.717, 1.165) is 45.0 Å². The Hall–Kier alpha value is -5.06. The molecule has 50 heavy (non-hydrogen) atoms. The molecule has 0 spiro atoms. The first kappa shape index (κ1) is 32.2. The number of para-hydroxylation sites is 2. The predicted octanol–water partition coefficient (Wildman–Crippen LogP) is 7.86. The van der Waals surface area contributed by atoms with Crippen LogP contribution in [0.2, 0.25) is 0 Å². The van der Waals surface area contributed by atoms with Gasteiger partial charge in [0.1, 0.15) is 10.7 Å². The van der Waals surface area contributed by atoms with Crippen molar-refractivity contribution in [3.8, 4) is 33.9 Å². The van der Waals surface area contributed by atoms with Gasteiger partial charge in [0.25, 0.3) is 0 Å². The van der Waals surface area contributed by atoms with Crippen LogP contribution in [0, 0.1) is 13.8 Å². The molecule has 0 unspecified atom stereocenters. The summed E-state index contributed by atoms with van der Waals surface area (Å²) in [7, 11) is 0. The van der Waals surface area contributed by atoms with Crippen LogP contribution in [0.3, 0.4) is 0 Å². The highest BCUT2D eigenvalue weighted by Gasteiger charge is 2.39. The van der Waals surface area contributed by atoms with Crippen LogP contribution in [0.4, 0.5) is 0 Å². The van der Waals surface area contributed by atoms with E-state index >= 15 is 0 Å². The minimum Gasteiger partial charge on any atom is -0.324 e. The zero-order chi connectivity index (χ0) is 34.2. The standard InChI is InChI=1S/C40H36N6O2S2/c1-27-13-17-29(18-14-27)37-33(23-45(41-37)31-9-5-3-6-10-31)39-43(35(47)25-49-39)21-22-44-36(48)26-50-40(44)34-24-46(32-11-7-4-8-12-32)42-38(34)30-19-15-28(2)16-20-30/h3-20,23-24,39-40H,21-22,25-26H2,1-2H3/t39-,40+. The molecule has 0 radical (unpaired) electrons. The Morgan fingerprint density at radius 2 is 0.940 bits per heavy atom. The van der Waals surface area contributed by atoms with Crippen molar-refractivity contribution in [2.24, 2.45) is 0 Å². The lowest BCUT2D eigenvalue weighted by molar-refractivity contribution is -0.132. The highest BCUT2D eigenvalue weighted by Crippen LogP contribution is 2.45. The van der Waals surface area contributed by atoms with Gasteiger partial charge in [0.15, 0.2) is 0 Å². The fourth-order valence-corrected chi connectivity index (χ4v) is 9.00. The third-order valence-corrected chi connectivity index (χ3v) is 11.7. The van der Waals surface area contributed by atoms with Crippen molar-refractivity contribution >= 4 is 35.3 Å². The minimum absolute atomic E-state index is 0.0652. The van der Waals surface area contributed by atoms with Crippen molar-refractivity contribution in [1.82, 2.24) is 29.4 Å². The molecule has 10 heteroatoms. The van der Waals surface area contributed by atoms with E-state index in [9.17, 15) is 9.59 Å². The Bertz CT molecular complexity index is 1990. The molecule has 4 aromatic carbocycles. The second kappa shape index (κ2) is 13.7. The third kappa shape index (κ3) is 6.25. The summed E-state index contributed by atoms with van der Waals surface area (Å²) in [6.45, 7) is 4.97. The van der Waals surface area contributed by atoms with E-state index < -0.39 is 0 Å². The van der Waals surface area contributed by atoms with Crippen LogP contribution in [0.25, 0.3) is 33.9 Å². The van der Waals surface area contributed by atoms with Gasteiger partial charge in [-0.05, 0) is 38.1 Å². The molecule has 2 amide bonds. The fraction of sp³-hybridized carbons (Fsp3) is 0.200. The van der Waals surface area contributed by atoms with Gasteiger partial charge < -0.3 is 9.80 Å². The topological polar surface area (TPSA) is 76.3 Å². The SMILES string of the molecule is Cc1ccc(-c2nn(-c3ccccc3)cc2[C@H]2SCC(=O)N2CCN2C(=O)CS[C@H]2c2cn(-c3ccccc3)nc2-c2ccc(C)cc2)cc1. The molecule has 0 bridgehead atoms. The lowest BCUT2D eigenvalue weighted by atomic mass is 10.1. The first-order valence-corrected chi connectivity index (χ1v) is 18.8. The Balaban J connectivity index is 1.11. The molecular formula is C40H36N6O2S2. The highest BCUT2D eigenvalue weighted by atomic mass is 32.2. The average Bonchev–Trinajstić information content (AvgIpc) is 3.94. The van der Waals surface area contributed by atoms with E-state index in [2.05, 4.69) is 74.8 Å². The van der Waals surface area contributed by atoms with E-state index in [1.165, 1.54) is 11.1 Å². The van der Waals surface area contributed by atoms with Crippen molar-refractivity contribution in [3.05, 3.63) is 144 Å². The van der Waals surface area contributed by atoms with Gasteiger partial charge in [-0.3, -0.25) is 9.59 Å². The number of carbonyl (C=O) groups excluding carboxylic acids is 2. The first-order valence-electron chi connectivity index (χ1n) is 16.7. The van der Waals surface area contributed by atoms with Crippen molar-refractivity contribution in [2.75, 3.05) is 24.6 Å². The van der Waals surface area contributed by atoms with E-state index in [0.29, 0.717) is 24.6 Å². The second-order valence-corrected chi connectivity index (χ2v) is 14.8. The van der Waals surface area contributed by atoms with Crippen molar-refractivity contribution < 1.29 is 9.59 Å². The summed E-state index contributed by atoms with van der Waals surface area (Å²) in [5.41, 5.74) is 9.94. The van der Waals surface area contributed by atoms with Gasteiger partial charge in [0.05, 0.1) is 34.3 Å². The molecule has 8 nitrogen and oxygen atoms in total. The molecule has 2 fully saturated rings. The number of nitrogens with zero attached hydrogens (tertiary/aromatic N) is 6. The van der Waals surface area contributed by atoms with Crippen molar-refractivity contribution in [3.63, 3.8) is 0 Å². The maximum atomic E-state index is 13.5. The van der Waals surface area contributed by atoms with Crippen LogP contribution in [0.15, 0.2) is 122 Å². The Kier molecular flexibility index (Phi) is 8.80. The summed E-state index contributed by atoms with van der Waals surface area (Å²) in [5, 5.41) is 9.63. The summed E-state index contributed by atoms with van der Waals surface area (Å²) in [4.78, 5) is 30.9. The summed E-state index contributed by atoms with van der Waals surface area (Å²) in [5.74, 6) is 0.884. The Morgan fingerprint density at radius 3 is 1.32 bits per heavy atom.